The van der Waals surface area contributed by atoms with Gasteiger partial charge < -0.3 is 4.90 Å². The van der Waals surface area contributed by atoms with E-state index < -0.39 is 0 Å². The number of hydrogen-bond donors (Lipinski definition) is 1. The number of nitrogens with zero attached hydrogens (tertiary/aromatic N) is 3. The standard InChI is InChI=1S/C22H24N4O2/c1-16-5-4-6-17(13-16)15-25-9-11-26(12-10-25)21(27)14-20-18-7-2-3-8-19(18)22(28)24-23-20/h2-8,13H,9-12,14-15H2,1H3,(H,24,28). The molecule has 0 spiro atoms. The summed E-state index contributed by atoms with van der Waals surface area (Å²) in [5.41, 5.74) is 2.98. The van der Waals surface area contributed by atoms with Gasteiger partial charge in [-0.2, -0.15) is 5.10 Å². The van der Waals surface area contributed by atoms with E-state index in [4.69, 9.17) is 0 Å². The van der Waals surface area contributed by atoms with E-state index in [1.807, 2.05) is 23.1 Å². The van der Waals surface area contributed by atoms with Gasteiger partial charge in [0.25, 0.3) is 5.56 Å². The lowest BCUT2D eigenvalue weighted by atomic mass is 10.1. The Kier molecular flexibility index (Phi) is 5.21. The van der Waals surface area contributed by atoms with Crippen LogP contribution in [0, 0.1) is 6.92 Å². The third-order valence-corrected chi connectivity index (χ3v) is 5.31. The van der Waals surface area contributed by atoms with Crippen molar-refractivity contribution < 1.29 is 4.79 Å². The van der Waals surface area contributed by atoms with Crippen LogP contribution in [0.25, 0.3) is 10.8 Å². The Morgan fingerprint density at radius 2 is 1.79 bits per heavy atom. The van der Waals surface area contributed by atoms with Gasteiger partial charge in [-0.1, -0.05) is 48.0 Å². The van der Waals surface area contributed by atoms with Crippen LogP contribution in [0.15, 0.2) is 53.3 Å². The monoisotopic (exact) mass is 376 g/mol. The summed E-state index contributed by atoms with van der Waals surface area (Å²) in [6, 6.07) is 15.8. The summed E-state index contributed by atoms with van der Waals surface area (Å²) in [5, 5.41) is 7.95. The van der Waals surface area contributed by atoms with Gasteiger partial charge in [0.2, 0.25) is 5.91 Å². The summed E-state index contributed by atoms with van der Waals surface area (Å²) < 4.78 is 0. The van der Waals surface area contributed by atoms with Crippen molar-refractivity contribution in [2.45, 2.75) is 19.9 Å². The molecule has 0 radical (unpaired) electrons. The van der Waals surface area contributed by atoms with Crippen molar-refractivity contribution in [3.05, 3.63) is 75.7 Å². The summed E-state index contributed by atoms with van der Waals surface area (Å²) >= 11 is 0. The lowest BCUT2D eigenvalue weighted by molar-refractivity contribution is -0.132. The van der Waals surface area contributed by atoms with Crippen LogP contribution in [0.3, 0.4) is 0 Å². The van der Waals surface area contributed by atoms with Gasteiger partial charge in [-0.25, -0.2) is 5.10 Å². The molecule has 144 valence electrons. The number of piperazine rings is 1. The molecule has 1 amide bonds. The van der Waals surface area contributed by atoms with Crippen LogP contribution in [0.4, 0.5) is 0 Å². The summed E-state index contributed by atoms with van der Waals surface area (Å²) in [5.74, 6) is 0.0555. The predicted molar refractivity (Wildman–Crippen MR) is 109 cm³/mol. The minimum Gasteiger partial charge on any atom is -0.340 e. The zero-order chi connectivity index (χ0) is 19.5. The van der Waals surface area contributed by atoms with Crippen molar-refractivity contribution >= 4 is 16.7 Å². The Morgan fingerprint density at radius 1 is 1.04 bits per heavy atom. The SMILES string of the molecule is Cc1cccc(CN2CCN(C(=O)Cc3n[nH]c(=O)c4ccccc34)CC2)c1. The molecule has 6 heteroatoms. The van der Waals surface area contributed by atoms with Gasteiger partial charge in [0.05, 0.1) is 17.5 Å². The molecule has 2 heterocycles. The quantitative estimate of drug-likeness (QED) is 0.757. The average molecular weight is 376 g/mol. The second-order valence-corrected chi connectivity index (χ2v) is 7.37. The predicted octanol–water partition coefficient (Wildman–Crippen LogP) is 2.12. The molecule has 1 aliphatic heterocycles. The molecule has 1 aromatic heterocycles. The Labute approximate surface area is 163 Å². The first-order chi connectivity index (χ1) is 13.6. The lowest BCUT2D eigenvalue weighted by Gasteiger charge is -2.34. The van der Waals surface area contributed by atoms with E-state index >= 15 is 0 Å². The third-order valence-electron chi connectivity index (χ3n) is 5.31. The van der Waals surface area contributed by atoms with E-state index in [1.165, 1.54) is 11.1 Å². The Morgan fingerprint density at radius 3 is 2.54 bits per heavy atom. The number of aromatic amines is 1. The second kappa shape index (κ2) is 7.94. The van der Waals surface area contributed by atoms with E-state index in [1.54, 1.807) is 6.07 Å². The van der Waals surface area contributed by atoms with Crippen molar-refractivity contribution in [3.63, 3.8) is 0 Å². The summed E-state index contributed by atoms with van der Waals surface area (Å²) in [6.07, 6.45) is 0.204. The van der Waals surface area contributed by atoms with Crippen molar-refractivity contribution in [2.75, 3.05) is 26.2 Å². The van der Waals surface area contributed by atoms with E-state index in [0.29, 0.717) is 24.2 Å². The van der Waals surface area contributed by atoms with Crippen LogP contribution in [-0.4, -0.2) is 52.1 Å². The number of amides is 1. The highest BCUT2D eigenvalue weighted by atomic mass is 16.2. The molecule has 1 N–H and O–H groups in total. The molecule has 1 fully saturated rings. The highest BCUT2D eigenvalue weighted by Crippen LogP contribution is 2.15. The topological polar surface area (TPSA) is 69.3 Å². The van der Waals surface area contributed by atoms with Gasteiger partial charge in [-0.3, -0.25) is 14.5 Å². The molecular formula is C22H24N4O2. The number of H-pyrrole nitrogens is 1. The summed E-state index contributed by atoms with van der Waals surface area (Å²) in [6.45, 7) is 6.17. The molecule has 0 unspecified atom stereocenters. The highest BCUT2D eigenvalue weighted by molar-refractivity contribution is 5.88. The minimum atomic E-state index is -0.225. The molecule has 0 saturated carbocycles. The molecule has 0 aliphatic carbocycles. The maximum atomic E-state index is 12.8. The van der Waals surface area contributed by atoms with Crippen molar-refractivity contribution in [1.29, 1.82) is 0 Å². The van der Waals surface area contributed by atoms with Gasteiger partial charge in [0.1, 0.15) is 0 Å². The molecule has 1 aliphatic rings. The van der Waals surface area contributed by atoms with Gasteiger partial charge in [-0.05, 0) is 18.6 Å². The zero-order valence-electron chi connectivity index (χ0n) is 16.0. The maximum Gasteiger partial charge on any atom is 0.272 e. The van der Waals surface area contributed by atoms with Crippen LogP contribution >= 0.6 is 0 Å². The number of carbonyl (C=O) groups excluding carboxylic acids is 1. The minimum absolute atomic E-state index is 0.0555. The van der Waals surface area contributed by atoms with E-state index in [2.05, 4.69) is 46.3 Å². The molecule has 4 rings (SSSR count). The number of hydrogen-bond acceptors (Lipinski definition) is 4. The molecule has 28 heavy (non-hydrogen) atoms. The van der Waals surface area contributed by atoms with Gasteiger partial charge in [0.15, 0.2) is 0 Å². The number of benzene rings is 2. The smallest absolute Gasteiger partial charge is 0.272 e. The molecular weight excluding hydrogens is 352 g/mol. The number of fused-ring (bicyclic) bond motifs is 1. The van der Waals surface area contributed by atoms with Crippen LogP contribution in [-0.2, 0) is 17.8 Å². The van der Waals surface area contributed by atoms with E-state index in [0.717, 1.165) is 25.0 Å². The zero-order valence-corrected chi connectivity index (χ0v) is 16.0. The van der Waals surface area contributed by atoms with Gasteiger partial charge >= 0.3 is 0 Å². The van der Waals surface area contributed by atoms with Gasteiger partial charge in [-0.15, -0.1) is 0 Å². The number of aromatic nitrogens is 2. The normalized spacial score (nSPS) is 15.1. The summed E-state index contributed by atoms with van der Waals surface area (Å²) in [7, 11) is 0. The number of rotatable bonds is 4. The van der Waals surface area contributed by atoms with Crippen molar-refractivity contribution in [2.24, 2.45) is 0 Å². The molecule has 3 aromatic rings. The molecule has 0 atom stereocenters. The van der Waals surface area contributed by atoms with Crippen LogP contribution in [0.2, 0.25) is 0 Å². The Bertz CT molecular complexity index is 1050. The average Bonchev–Trinajstić information content (AvgIpc) is 2.71. The fraction of sp³-hybridized carbons (Fsp3) is 0.318. The molecule has 1 saturated heterocycles. The van der Waals surface area contributed by atoms with Crippen molar-refractivity contribution in [3.8, 4) is 0 Å². The van der Waals surface area contributed by atoms with Crippen molar-refractivity contribution in [1.82, 2.24) is 20.0 Å². The molecule has 0 bridgehead atoms. The largest absolute Gasteiger partial charge is 0.340 e. The molecule has 2 aromatic carbocycles. The van der Waals surface area contributed by atoms with Crippen LogP contribution in [0.5, 0.6) is 0 Å². The Balaban J connectivity index is 1.38. The first-order valence-electron chi connectivity index (χ1n) is 9.62. The first-order valence-corrected chi connectivity index (χ1v) is 9.62. The second-order valence-electron chi connectivity index (χ2n) is 7.37. The van der Waals surface area contributed by atoms with Crippen LogP contribution < -0.4 is 5.56 Å². The fourth-order valence-corrected chi connectivity index (χ4v) is 3.79. The van der Waals surface area contributed by atoms with E-state index in [-0.39, 0.29) is 17.9 Å². The Hall–Kier alpha value is -2.99. The van der Waals surface area contributed by atoms with E-state index in [9.17, 15) is 9.59 Å². The van der Waals surface area contributed by atoms with Crippen LogP contribution in [0.1, 0.15) is 16.8 Å². The lowest BCUT2D eigenvalue weighted by Crippen LogP contribution is -2.48. The third kappa shape index (κ3) is 3.97. The maximum absolute atomic E-state index is 12.8. The number of carbonyl (C=O) groups is 1. The molecule has 6 nitrogen and oxygen atoms in total. The number of nitrogens with one attached hydrogen (secondary N) is 1. The highest BCUT2D eigenvalue weighted by Gasteiger charge is 2.22. The first kappa shape index (κ1) is 18.4. The fourth-order valence-electron chi connectivity index (χ4n) is 3.79. The number of aryl methyl sites for hydroxylation is 1. The summed E-state index contributed by atoms with van der Waals surface area (Å²) in [4.78, 5) is 29.0. The van der Waals surface area contributed by atoms with Gasteiger partial charge in [0, 0.05) is 38.1 Å².